The highest BCUT2D eigenvalue weighted by Crippen LogP contribution is 2.03. The lowest BCUT2D eigenvalue weighted by atomic mass is 10.2. The summed E-state index contributed by atoms with van der Waals surface area (Å²) < 4.78 is 0. The maximum atomic E-state index is 11.8. The Hall–Kier alpha value is -1.60. The van der Waals surface area contributed by atoms with Gasteiger partial charge in [0.05, 0.1) is 5.56 Å². The molecule has 1 rings (SSSR count). The van der Waals surface area contributed by atoms with E-state index in [1.54, 1.807) is 35.6 Å². The zero-order chi connectivity index (χ0) is 13.4. The van der Waals surface area contributed by atoms with Crippen LogP contribution in [0.3, 0.4) is 0 Å². The number of nitrogens with zero attached hydrogens (tertiary/aromatic N) is 1. The van der Waals surface area contributed by atoms with Gasteiger partial charge >= 0.3 is 0 Å². The molecule has 1 heterocycles. The van der Waals surface area contributed by atoms with E-state index in [-0.39, 0.29) is 0 Å². The number of hydrogen-bond donors (Lipinski definition) is 3. The normalized spacial score (nSPS) is 11.7. The topological polar surface area (TPSA) is 91.3 Å². The van der Waals surface area contributed by atoms with E-state index in [0.717, 1.165) is 0 Å². The molecule has 0 radical (unpaired) electrons. The van der Waals surface area contributed by atoms with Gasteiger partial charge in [-0.1, -0.05) is 0 Å². The lowest BCUT2D eigenvalue weighted by Gasteiger charge is -2.16. The van der Waals surface area contributed by atoms with Crippen molar-refractivity contribution in [1.82, 2.24) is 15.8 Å². The van der Waals surface area contributed by atoms with Crippen molar-refractivity contribution in [2.24, 2.45) is 0 Å². The summed E-state index contributed by atoms with van der Waals surface area (Å²) in [5.41, 5.74) is 1.92. The summed E-state index contributed by atoms with van der Waals surface area (Å²) in [7, 11) is 0. The molecule has 3 N–H and O–H groups in total. The van der Waals surface area contributed by atoms with Crippen LogP contribution in [0.5, 0.6) is 0 Å². The van der Waals surface area contributed by atoms with Gasteiger partial charge < -0.3 is 5.32 Å². The fourth-order valence-electron chi connectivity index (χ4n) is 1.32. The fourth-order valence-corrected chi connectivity index (χ4v) is 1.79. The molecule has 0 fully saturated rings. The molecule has 98 valence electrons. The van der Waals surface area contributed by atoms with Gasteiger partial charge in [-0.05, 0) is 30.6 Å². The molecule has 7 heteroatoms. The van der Waals surface area contributed by atoms with Crippen LogP contribution >= 0.6 is 11.8 Å². The highest BCUT2D eigenvalue weighted by molar-refractivity contribution is 7.98. The minimum absolute atomic E-state index is 0.373. The first-order chi connectivity index (χ1) is 8.69. The summed E-state index contributed by atoms with van der Waals surface area (Å²) in [6.45, 7) is 0. The van der Waals surface area contributed by atoms with Crippen LogP contribution in [0.25, 0.3) is 0 Å². The predicted octanol–water partition coefficient (Wildman–Crippen LogP) is 0.439. The summed E-state index contributed by atoms with van der Waals surface area (Å²) in [6.07, 6.45) is 5.32. The smallest absolute Gasteiger partial charge is 0.265 e. The predicted molar refractivity (Wildman–Crippen MR) is 68.4 cm³/mol. The zero-order valence-corrected chi connectivity index (χ0v) is 10.7. The van der Waals surface area contributed by atoms with Gasteiger partial charge in [-0.3, -0.25) is 19.8 Å². The molecule has 0 saturated carbocycles. The number of hydrogen-bond acceptors (Lipinski definition) is 5. The molecule has 0 bridgehead atoms. The zero-order valence-electron chi connectivity index (χ0n) is 9.92. The van der Waals surface area contributed by atoms with Gasteiger partial charge in [0.1, 0.15) is 6.04 Å². The molecular formula is C11H15N3O3S. The van der Waals surface area contributed by atoms with E-state index in [4.69, 9.17) is 5.21 Å². The first-order valence-electron chi connectivity index (χ1n) is 5.32. The van der Waals surface area contributed by atoms with Crippen molar-refractivity contribution in [2.75, 3.05) is 12.0 Å². The van der Waals surface area contributed by atoms with Crippen molar-refractivity contribution in [1.29, 1.82) is 0 Å². The Morgan fingerprint density at radius 3 is 2.89 bits per heavy atom. The third-order valence-corrected chi connectivity index (χ3v) is 2.91. The molecule has 2 amide bonds. The van der Waals surface area contributed by atoms with Gasteiger partial charge in [-0.15, -0.1) is 0 Å². The highest BCUT2D eigenvalue weighted by atomic mass is 32.2. The van der Waals surface area contributed by atoms with Gasteiger partial charge in [0.2, 0.25) is 0 Å². The standard InChI is InChI=1S/C11H15N3O3S/c1-18-6-4-9(11(16)14-17)13-10(15)8-3-2-5-12-7-8/h2-3,5,7,9,17H,4,6H2,1H3,(H,13,15)(H,14,16). The summed E-state index contributed by atoms with van der Waals surface area (Å²) in [6, 6.07) is 2.48. The average molecular weight is 269 g/mol. The van der Waals surface area contributed by atoms with Crippen LogP contribution in [0, 0.1) is 0 Å². The molecular weight excluding hydrogens is 254 g/mol. The molecule has 18 heavy (non-hydrogen) atoms. The maximum Gasteiger partial charge on any atom is 0.265 e. The van der Waals surface area contributed by atoms with E-state index >= 15 is 0 Å². The quantitative estimate of drug-likeness (QED) is 0.515. The van der Waals surface area contributed by atoms with Crippen LogP contribution in [-0.4, -0.2) is 40.1 Å². The van der Waals surface area contributed by atoms with Crippen molar-refractivity contribution in [3.8, 4) is 0 Å². The Morgan fingerprint density at radius 2 is 2.33 bits per heavy atom. The molecule has 0 aliphatic carbocycles. The number of carbonyl (C=O) groups is 2. The SMILES string of the molecule is CSCCC(NC(=O)c1cccnc1)C(=O)NO. The second kappa shape index (κ2) is 7.67. The third kappa shape index (κ3) is 4.34. The van der Waals surface area contributed by atoms with Gasteiger partial charge in [0, 0.05) is 12.4 Å². The van der Waals surface area contributed by atoms with Crippen molar-refractivity contribution >= 4 is 23.6 Å². The Labute approximate surface area is 109 Å². The van der Waals surface area contributed by atoms with Crippen LogP contribution in [0.2, 0.25) is 0 Å². The number of amides is 2. The van der Waals surface area contributed by atoms with E-state index in [2.05, 4.69) is 10.3 Å². The lowest BCUT2D eigenvalue weighted by molar-refractivity contribution is -0.131. The Morgan fingerprint density at radius 1 is 1.56 bits per heavy atom. The number of rotatable bonds is 6. The van der Waals surface area contributed by atoms with Crippen LogP contribution in [0.15, 0.2) is 24.5 Å². The van der Waals surface area contributed by atoms with Crippen LogP contribution in [0.4, 0.5) is 0 Å². The number of hydroxylamine groups is 1. The molecule has 0 spiro atoms. The second-order valence-electron chi connectivity index (χ2n) is 3.53. The molecule has 0 aliphatic heterocycles. The summed E-state index contributed by atoms with van der Waals surface area (Å²) in [4.78, 5) is 27.0. The molecule has 0 aliphatic rings. The fraction of sp³-hybridized carbons (Fsp3) is 0.364. The van der Waals surface area contributed by atoms with Crippen molar-refractivity contribution in [3.05, 3.63) is 30.1 Å². The summed E-state index contributed by atoms with van der Waals surface area (Å²) in [5.74, 6) is -0.315. The van der Waals surface area contributed by atoms with E-state index in [1.807, 2.05) is 6.26 Å². The molecule has 6 nitrogen and oxygen atoms in total. The minimum atomic E-state index is -0.754. The van der Waals surface area contributed by atoms with E-state index in [9.17, 15) is 9.59 Å². The number of pyridine rings is 1. The van der Waals surface area contributed by atoms with Crippen LogP contribution in [-0.2, 0) is 4.79 Å². The van der Waals surface area contributed by atoms with E-state index in [0.29, 0.717) is 17.7 Å². The Kier molecular flexibility index (Phi) is 6.16. The molecule has 0 aromatic carbocycles. The lowest BCUT2D eigenvalue weighted by Crippen LogP contribution is -2.46. The first kappa shape index (κ1) is 14.5. The number of nitrogens with one attached hydrogen (secondary N) is 2. The average Bonchev–Trinajstić information content (AvgIpc) is 2.43. The molecule has 1 unspecified atom stereocenters. The number of carbonyl (C=O) groups excluding carboxylic acids is 2. The van der Waals surface area contributed by atoms with Gasteiger partial charge in [0.15, 0.2) is 0 Å². The minimum Gasteiger partial charge on any atom is -0.340 e. The van der Waals surface area contributed by atoms with Gasteiger partial charge in [-0.2, -0.15) is 11.8 Å². The highest BCUT2D eigenvalue weighted by Gasteiger charge is 2.20. The first-order valence-corrected chi connectivity index (χ1v) is 6.72. The molecule has 1 aromatic rings. The second-order valence-corrected chi connectivity index (χ2v) is 4.51. The van der Waals surface area contributed by atoms with E-state index in [1.165, 1.54) is 6.20 Å². The summed E-state index contributed by atoms with van der Waals surface area (Å²) in [5, 5.41) is 11.2. The van der Waals surface area contributed by atoms with Crippen molar-refractivity contribution < 1.29 is 14.8 Å². The molecule has 1 atom stereocenters. The Balaban J connectivity index is 2.65. The molecule has 1 aromatic heterocycles. The molecule has 0 saturated heterocycles. The van der Waals surface area contributed by atoms with Gasteiger partial charge in [-0.25, -0.2) is 5.48 Å². The van der Waals surface area contributed by atoms with Crippen molar-refractivity contribution in [3.63, 3.8) is 0 Å². The maximum absolute atomic E-state index is 11.8. The number of aromatic nitrogens is 1. The number of thioether (sulfide) groups is 1. The van der Waals surface area contributed by atoms with Crippen molar-refractivity contribution in [2.45, 2.75) is 12.5 Å². The Bertz CT molecular complexity index is 400. The van der Waals surface area contributed by atoms with Crippen LogP contribution in [0.1, 0.15) is 16.8 Å². The van der Waals surface area contributed by atoms with E-state index < -0.39 is 17.9 Å². The monoisotopic (exact) mass is 269 g/mol. The van der Waals surface area contributed by atoms with Crippen LogP contribution < -0.4 is 10.8 Å². The summed E-state index contributed by atoms with van der Waals surface area (Å²) >= 11 is 1.56. The largest absolute Gasteiger partial charge is 0.340 e. The van der Waals surface area contributed by atoms with Gasteiger partial charge in [0.25, 0.3) is 11.8 Å². The third-order valence-electron chi connectivity index (χ3n) is 2.27.